The predicted octanol–water partition coefficient (Wildman–Crippen LogP) is 1.29. The van der Waals surface area contributed by atoms with E-state index in [2.05, 4.69) is 0 Å². The lowest BCUT2D eigenvalue weighted by atomic mass is 10.2. The third-order valence-corrected chi connectivity index (χ3v) is 7.72. The topological polar surface area (TPSA) is 90.0 Å². The summed E-state index contributed by atoms with van der Waals surface area (Å²) < 4.78 is 61.1. The van der Waals surface area contributed by atoms with Gasteiger partial charge >= 0.3 is 0 Å². The average molecular weight is 377 g/mol. The summed E-state index contributed by atoms with van der Waals surface area (Å²) in [6, 6.07) is 3.86. The molecule has 0 aromatic heterocycles. The molecule has 1 fully saturated rings. The number of nitrogens with zero attached hydrogens (tertiary/aromatic N) is 1. The lowest BCUT2D eigenvalue weighted by Crippen LogP contribution is -2.41. The Bertz CT molecular complexity index is 788. The quantitative estimate of drug-likeness (QED) is 0.711. The van der Waals surface area contributed by atoms with Crippen molar-refractivity contribution < 1.29 is 26.3 Å². The monoisotopic (exact) mass is 377 g/mol. The fraction of sp³-hybridized carbons (Fsp3) is 0.600. The Labute approximate surface area is 143 Å². The molecule has 136 valence electrons. The molecule has 1 aliphatic rings. The first-order valence-corrected chi connectivity index (χ1v) is 11.0. The van der Waals surface area contributed by atoms with Crippen LogP contribution >= 0.6 is 0 Å². The van der Waals surface area contributed by atoms with Crippen LogP contribution in [-0.4, -0.2) is 59.5 Å². The lowest BCUT2D eigenvalue weighted by Gasteiger charge is -2.27. The van der Waals surface area contributed by atoms with Gasteiger partial charge in [-0.1, -0.05) is 6.92 Å². The number of methoxy groups -OCH3 is 2. The van der Waals surface area contributed by atoms with Gasteiger partial charge in [0.05, 0.1) is 30.6 Å². The van der Waals surface area contributed by atoms with Gasteiger partial charge in [0.15, 0.2) is 21.3 Å². The molecule has 0 radical (unpaired) electrons. The van der Waals surface area contributed by atoms with Gasteiger partial charge in [-0.15, -0.1) is 0 Å². The Kier molecular flexibility index (Phi) is 5.77. The molecule has 1 aromatic rings. The highest BCUT2D eigenvalue weighted by Gasteiger charge is 2.38. The van der Waals surface area contributed by atoms with Gasteiger partial charge in [0.1, 0.15) is 0 Å². The van der Waals surface area contributed by atoms with Gasteiger partial charge in [-0.25, -0.2) is 16.8 Å². The van der Waals surface area contributed by atoms with Gasteiger partial charge in [-0.2, -0.15) is 4.31 Å². The Morgan fingerprint density at radius 1 is 1.21 bits per heavy atom. The molecule has 0 bridgehead atoms. The smallest absolute Gasteiger partial charge is 0.243 e. The second-order valence-electron chi connectivity index (χ2n) is 5.69. The standard InChI is InChI=1S/C15H23NO6S2/c1-4-8-16(12-7-9-23(17,18)11-12)24(19,20)13-5-6-14(21-2)15(10-13)22-3/h5-6,10,12H,4,7-9,11H2,1-3H3/t12-/m1/s1. The zero-order valence-electron chi connectivity index (χ0n) is 14.1. The Hall–Kier alpha value is -1.32. The van der Waals surface area contributed by atoms with E-state index >= 15 is 0 Å². The van der Waals surface area contributed by atoms with Crippen molar-refractivity contribution in [1.29, 1.82) is 0 Å². The fourth-order valence-electron chi connectivity index (χ4n) is 2.83. The molecule has 1 saturated heterocycles. The molecule has 0 aliphatic carbocycles. The van der Waals surface area contributed by atoms with Crippen LogP contribution in [-0.2, 0) is 19.9 Å². The van der Waals surface area contributed by atoms with Crippen LogP contribution in [0.3, 0.4) is 0 Å². The number of hydrogen-bond donors (Lipinski definition) is 0. The van der Waals surface area contributed by atoms with Gasteiger partial charge in [0, 0.05) is 18.7 Å². The van der Waals surface area contributed by atoms with Crippen LogP contribution in [0.2, 0.25) is 0 Å². The number of sulfonamides is 1. The zero-order chi connectivity index (χ0) is 18.0. The van der Waals surface area contributed by atoms with E-state index in [4.69, 9.17) is 9.47 Å². The highest BCUT2D eigenvalue weighted by molar-refractivity contribution is 7.92. The van der Waals surface area contributed by atoms with Crippen molar-refractivity contribution in [2.45, 2.75) is 30.7 Å². The lowest BCUT2D eigenvalue weighted by molar-refractivity contribution is 0.338. The number of hydrogen-bond acceptors (Lipinski definition) is 6. The van der Waals surface area contributed by atoms with Crippen molar-refractivity contribution >= 4 is 19.9 Å². The van der Waals surface area contributed by atoms with Crippen LogP contribution < -0.4 is 9.47 Å². The molecule has 1 aromatic carbocycles. The minimum atomic E-state index is -3.82. The molecule has 7 nitrogen and oxygen atoms in total. The number of rotatable bonds is 7. The summed E-state index contributed by atoms with van der Waals surface area (Å²) in [6.07, 6.45) is 0.928. The summed E-state index contributed by atoms with van der Waals surface area (Å²) >= 11 is 0. The summed E-state index contributed by atoms with van der Waals surface area (Å²) in [7, 11) is -4.09. The Morgan fingerprint density at radius 2 is 1.88 bits per heavy atom. The van der Waals surface area contributed by atoms with Crippen LogP contribution in [0.4, 0.5) is 0 Å². The average Bonchev–Trinajstić information content (AvgIpc) is 2.91. The minimum absolute atomic E-state index is 0.0271. The van der Waals surface area contributed by atoms with E-state index in [1.807, 2.05) is 6.92 Å². The molecule has 2 rings (SSSR count). The summed E-state index contributed by atoms with van der Waals surface area (Å²) in [6.45, 7) is 2.14. The van der Waals surface area contributed by atoms with Crippen LogP contribution in [0.25, 0.3) is 0 Å². The van der Waals surface area contributed by atoms with E-state index in [1.165, 1.54) is 36.7 Å². The zero-order valence-corrected chi connectivity index (χ0v) is 15.7. The van der Waals surface area contributed by atoms with E-state index in [-0.39, 0.29) is 22.9 Å². The first kappa shape index (κ1) is 19.0. The fourth-order valence-corrected chi connectivity index (χ4v) is 6.42. The van der Waals surface area contributed by atoms with Gasteiger partial charge in [-0.3, -0.25) is 0 Å². The summed E-state index contributed by atoms with van der Waals surface area (Å²) in [5.74, 6) is 0.648. The SMILES string of the molecule is CCCN([C@@H]1CCS(=O)(=O)C1)S(=O)(=O)c1ccc(OC)c(OC)c1. The molecule has 0 saturated carbocycles. The summed E-state index contributed by atoms with van der Waals surface area (Å²) in [5, 5.41) is 0. The second-order valence-corrected chi connectivity index (χ2v) is 9.81. The van der Waals surface area contributed by atoms with Gasteiger partial charge in [0.25, 0.3) is 0 Å². The Morgan fingerprint density at radius 3 is 2.38 bits per heavy atom. The molecule has 0 unspecified atom stereocenters. The van der Waals surface area contributed by atoms with E-state index in [9.17, 15) is 16.8 Å². The van der Waals surface area contributed by atoms with E-state index in [0.29, 0.717) is 24.3 Å². The Balaban J connectivity index is 2.42. The highest BCUT2D eigenvalue weighted by atomic mass is 32.2. The van der Waals surface area contributed by atoms with Crippen molar-refractivity contribution in [3.05, 3.63) is 18.2 Å². The molecule has 0 spiro atoms. The molecule has 0 amide bonds. The van der Waals surface area contributed by atoms with Crippen LogP contribution in [0.1, 0.15) is 19.8 Å². The number of benzene rings is 1. The third-order valence-electron chi connectivity index (χ3n) is 4.02. The molecule has 24 heavy (non-hydrogen) atoms. The van der Waals surface area contributed by atoms with Crippen molar-refractivity contribution in [2.75, 3.05) is 32.3 Å². The predicted molar refractivity (Wildman–Crippen MR) is 90.8 cm³/mol. The second kappa shape index (κ2) is 7.28. The van der Waals surface area contributed by atoms with E-state index in [0.717, 1.165) is 0 Å². The largest absolute Gasteiger partial charge is 0.493 e. The molecule has 1 heterocycles. The van der Waals surface area contributed by atoms with Gasteiger partial charge in [-0.05, 0) is 25.0 Å². The summed E-state index contributed by atoms with van der Waals surface area (Å²) in [5.41, 5.74) is 0. The first-order valence-electron chi connectivity index (χ1n) is 7.69. The third kappa shape index (κ3) is 3.84. The van der Waals surface area contributed by atoms with E-state index < -0.39 is 25.9 Å². The van der Waals surface area contributed by atoms with Crippen molar-refractivity contribution in [3.63, 3.8) is 0 Å². The maximum absolute atomic E-state index is 13.0. The van der Waals surface area contributed by atoms with Crippen molar-refractivity contribution in [1.82, 2.24) is 4.31 Å². The number of sulfone groups is 1. The molecule has 1 aliphatic heterocycles. The summed E-state index contributed by atoms with van der Waals surface area (Å²) in [4.78, 5) is 0.0675. The molecular weight excluding hydrogens is 354 g/mol. The first-order chi connectivity index (χ1) is 11.2. The van der Waals surface area contributed by atoms with Crippen LogP contribution in [0.15, 0.2) is 23.1 Å². The van der Waals surface area contributed by atoms with Gasteiger partial charge in [0.2, 0.25) is 10.0 Å². The molecular formula is C15H23NO6S2. The van der Waals surface area contributed by atoms with Crippen molar-refractivity contribution in [3.8, 4) is 11.5 Å². The van der Waals surface area contributed by atoms with Gasteiger partial charge < -0.3 is 9.47 Å². The normalized spacial score (nSPS) is 20.2. The van der Waals surface area contributed by atoms with Crippen LogP contribution in [0, 0.1) is 0 Å². The number of ether oxygens (including phenoxy) is 2. The van der Waals surface area contributed by atoms with E-state index in [1.54, 1.807) is 0 Å². The maximum Gasteiger partial charge on any atom is 0.243 e. The van der Waals surface area contributed by atoms with Crippen LogP contribution in [0.5, 0.6) is 11.5 Å². The molecule has 0 N–H and O–H groups in total. The van der Waals surface area contributed by atoms with Crippen molar-refractivity contribution in [2.24, 2.45) is 0 Å². The molecule has 1 atom stereocenters. The highest BCUT2D eigenvalue weighted by Crippen LogP contribution is 2.32. The maximum atomic E-state index is 13.0. The minimum Gasteiger partial charge on any atom is -0.493 e. The molecule has 9 heteroatoms.